The van der Waals surface area contributed by atoms with E-state index >= 15 is 0 Å². The van der Waals surface area contributed by atoms with E-state index in [0.29, 0.717) is 11.7 Å². The Bertz CT molecular complexity index is 942. The van der Waals surface area contributed by atoms with Crippen LogP contribution in [-0.4, -0.2) is 39.7 Å². The maximum absolute atomic E-state index is 10.4. The van der Waals surface area contributed by atoms with Crippen LogP contribution in [0.25, 0.3) is 0 Å². The van der Waals surface area contributed by atoms with Crippen molar-refractivity contribution in [1.29, 1.82) is 0 Å². The number of hydrogen-bond acceptors (Lipinski definition) is 3. The number of fused-ring (bicyclic) bond motifs is 2. The molecule has 5 heteroatoms. The van der Waals surface area contributed by atoms with Crippen LogP contribution in [0.3, 0.4) is 0 Å². The second-order valence-corrected chi connectivity index (χ2v) is 11.9. The number of aromatic hydroxyl groups is 1. The van der Waals surface area contributed by atoms with Gasteiger partial charge in [-0.05, 0) is 60.4 Å². The predicted octanol–water partition coefficient (Wildman–Crippen LogP) is 3.43. The number of phenols is 1. The van der Waals surface area contributed by atoms with Crippen LogP contribution in [-0.2, 0) is 12.0 Å². The van der Waals surface area contributed by atoms with Crippen LogP contribution < -0.4 is 14.4 Å². The van der Waals surface area contributed by atoms with E-state index in [-0.39, 0.29) is 16.4 Å². The van der Waals surface area contributed by atoms with Gasteiger partial charge in [0.25, 0.3) is 0 Å². The van der Waals surface area contributed by atoms with Crippen LogP contribution in [0.15, 0.2) is 36.4 Å². The lowest BCUT2D eigenvalue weighted by atomic mass is 9.77. The van der Waals surface area contributed by atoms with Gasteiger partial charge in [0, 0.05) is 0 Å². The molecular formula is C25H34NO3Si+. The summed E-state index contributed by atoms with van der Waals surface area (Å²) >= 11 is 0. The number of hydrogen-bond donors (Lipinski definition) is 2. The third-order valence-corrected chi connectivity index (χ3v) is 8.14. The summed E-state index contributed by atoms with van der Waals surface area (Å²) < 4.78 is 12.3. The van der Waals surface area contributed by atoms with E-state index in [4.69, 9.17) is 9.47 Å². The van der Waals surface area contributed by atoms with E-state index in [2.05, 4.69) is 66.1 Å². The molecule has 30 heavy (non-hydrogen) atoms. The molecule has 0 aromatic heterocycles. The summed E-state index contributed by atoms with van der Waals surface area (Å²) in [5, 5.41) is 10.3. The van der Waals surface area contributed by atoms with Crippen molar-refractivity contribution in [3.05, 3.63) is 53.1 Å². The zero-order valence-electron chi connectivity index (χ0n) is 19.0. The summed E-state index contributed by atoms with van der Waals surface area (Å²) in [4.78, 5) is 1.31. The van der Waals surface area contributed by atoms with Gasteiger partial charge >= 0.3 is 0 Å². The molecule has 2 radical (unpaired) electrons. The van der Waals surface area contributed by atoms with E-state index in [0.717, 1.165) is 46.0 Å². The third-order valence-electron chi connectivity index (χ3n) is 6.58. The molecule has 4 nitrogen and oxygen atoms in total. The number of phenolic OH excluding ortho intramolecular Hbond substituents is 1. The van der Waals surface area contributed by atoms with Gasteiger partial charge in [0.05, 0.1) is 19.7 Å². The molecule has 0 saturated carbocycles. The van der Waals surface area contributed by atoms with Crippen LogP contribution in [0.2, 0.25) is 0 Å². The molecule has 1 fully saturated rings. The van der Waals surface area contributed by atoms with Gasteiger partial charge in [0.15, 0.2) is 21.0 Å². The van der Waals surface area contributed by atoms with Crippen molar-refractivity contribution in [2.45, 2.75) is 69.4 Å². The molecule has 2 aromatic carbocycles. The van der Waals surface area contributed by atoms with Gasteiger partial charge in [-0.15, -0.1) is 0 Å². The average molecular weight is 425 g/mol. The fourth-order valence-corrected chi connectivity index (χ4v) is 5.29. The smallest absolute Gasteiger partial charge is 0.163 e. The molecule has 4 rings (SSSR count). The number of nitrogens with one attached hydrogen (secondary N) is 1. The summed E-state index contributed by atoms with van der Waals surface area (Å²) in [7, 11) is 4.96. The lowest BCUT2D eigenvalue weighted by Crippen LogP contribution is -3.04. The second kappa shape index (κ2) is 7.61. The fraction of sp³-hybridized carbons (Fsp3) is 0.520. The van der Waals surface area contributed by atoms with Crippen molar-refractivity contribution in [3.8, 4) is 17.2 Å². The molecule has 0 spiro atoms. The largest absolute Gasteiger partial charge is 0.507 e. The third kappa shape index (κ3) is 4.10. The number of quaternary nitrogens is 1. The Morgan fingerprint density at radius 2 is 1.97 bits per heavy atom. The molecule has 2 aromatic rings. The highest BCUT2D eigenvalue weighted by atomic mass is 28.2. The van der Waals surface area contributed by atoms with Gasteiger partial charge in [-0.1, -0.05) is 39.0 Å². The molecule has 160 valence electrons. The Morgan fingerprint density at radius 1 is 1.20 bits per heavy atom. The molecule has 2 N–H and O–H groups in total. The topological polar surface area (TPSA) is 43.1 Å². The van der Waals surface area contributed by atoms with Crippen molar-refractivity contribution in [2.24, 2.45) is 0 Å². The van der Waals surface area contributed by atoms with Crippen molar-refractivity contribution >= 4 is 9.52 Å². The average Bonchev–Trinajstić information content (AvgIpc) is 3.34. The molecule has 2 aliphatic rings. The summed E-state index contributed by atoms with van der Waals surface area (Å²) in [6, 6.07) is 12.4. The number of benzene rings is 2. The van der Waals surface area contributed by atoms with Crippen LogP contribution in [0.4, 0.5) is 0 Å². The number of ether oxygens (including phenoxy) is 2. The van der Waals surface area contributed by atoms with E-state index in [1.165, 1.54) is 16.0 Å². The summed E-state index contributed by atoms with van der Waals surface area (Å²) in [6.45, 7) is 9.86. The predicted molar refractivity (Wildman–Crippen MR) is 121 cm³/mol. The Hall–Kier alpha value is -1.98. The minimum absolute atomic E-state index is 0.0278. The quantitative estimate of drug-likeness (QED) is 0.670. The highest BCUT2D eigenvalue weighted by Crippen LogP contribution is 2.47. The first kappa shape index (κ1) is 21.3. The molecule has 0 aliphatic carbocycles. The normalized spacial score (nSPS) is 23.2. The molecular weight excluding hydrogens is 390 g/mol. The molecule has 3 unspecified atom stereocenters. The van der Waals surface area contributed by atoms with Gasteiger partial charge in [-0.2, -0.15) is 0 Å². The molecule has 0 bridgehead atoms. The monoisotopic (exact) mass is 424 g/mol. The van der Waals surface area contributed by atoms with Crippen LogP contribution in [0, 0.1) is 0 Å². The maximum atomic E-state index is 10.4. The van der Waals surface area contributed by atoms with Gasteiger partial charge in [0.2, 0.25) is 0 Å². The summed E-state index contributed by atoms with van der Waals surface area (Å²) in [6.07, 6.45) is 2.11. The van der Waals surface area contributed by atoms with Crippen LogP contribution in [0.5, 0.6) is 17.2 Å². The van der Waals surface area contributed by atoms with E-state index in [1.54, 1.807) is 6.07 Å². The highest BCUT2D eigenvalue weighted by molar-refractivity contribution is 6.56. The first-order chi connectivity index (χ1) is 14.1. The van der Waals surface area contributed by atoms with Crippen molar-refractivity contribution < 1.29 is 19.5 Å². The van der Waals surface area contributed by atoms with Gasteiger partial charge in [-0.3, -0.25) is 0 Å². The van der Waals surface area contributed by atoms with E-state index in [9.17, 15) is 5.11 Å². The summed E-state index contributed by atoms with van der Waals surface area (Å²) in [5.74, 6) is 2.57. The minimum atomic E-state index is -0.107. The van der Waals surface area contributed by atoms with Gasteiger partial charge < -0.3 is 19.5 Å². The van der Waals surface area contributed by atoms with Gasteiger partial charge in [0.1, 0.15) is 23.2 Å². The standard InChI is InChI=1S/C25H33NO3Si/c1-16(18-8-7-9-20(27)19(18)15-26(5)6)12-13-24(2,3)17-10-11-21-22(14-17)29-25(4)23(28-21)30-25/h7-11,14,16,23,27H,12-13,15H2,1-6H3/p+1. The Kier molecular flexibility index (Phi) is 5.39. The Labute approximate surface area is 183 Å². The first-order valence-electron chi connectivity index (χ1n) is 11.0. The summed E-state index contributed by atoms with van der Waals surface area (Å²) in [5.41, 5.74) is 3.90. The lowest BCUT2D eigenvalue weighted by molar-refractivity contribution is -0.872. The Balaban J connectivity index is 1.48. The SMILES string of the molecule is CC(CCC(C)(C)c1ccc2c(c1)OC1(C)[Si]C1O2)c1cccc(O)c1C[NH+](C)C. The molecule has 1 saturated heterocycles. The highest BCUT2D eigenvalue weighted by Gasteiger charge is 2.59. The second-order valence-electron chi connectivity index (χ2n) is 10.1. The molecule has 2 aliphatic heterocycles. The van der Waals surface area contributed by atoms with E-state index in [1.807, 2.05) is 6.07 Å². The Morgan fingerprint density at radius 3 is 2.70 bits per heavy atom. The molecule has 0 amide bonds. The van der Waals surface area contributed by atoms with Crippen molar-refractivity contribution in [3.63, 3.8) is 0 Å². The zero-order valence-corrected chi connectivity index (χ0v) is 20.0. The maximum Gasteiger partial charge on any atom is 0.163 e. The van der Waals surface area contributed by atoms with Crippen LogP contribution in [0.1, 0.15) is 63.1 Å². The van der Waals surface area contributed by atoms with Crippen molar-refractivity contribution in [2.75, 3.05) is 14.1 Å². The number of rotatable bonds is 7. The van der Waals surface area contributed by atoms with Crippen LogP contribution >= 0.6 is 0 Å². The zero-order chi connectivity index (χ0) is 21.7. The van der Waals surface area contributed by atoms with E-state index < -0.39 is 0 Å². The fourth-order valence-electron chi connectivity index (χ4n) is 4.38. The molecule has 3 atom stereocenters. The lowest BCUT2D eigenvalue weighted by Gasteiger charge is -2.30. The van der Waals surface area contributed by atoms with Gasteiger partial charge in [-0.25, -0.2) is 0 Å². The first-order valence-corrected chi connectivity index (χ1v) is 12.0. The minimum Gasteiger partial charge on any atom is -0.507 e. The van der Waals surface area contributed by atoms with Crippen molar-refractivity contribution in [1.82, 2.24) is 0 Å². The molecule has 2 heterocycles.